The summed E-state index contributed by atoms with van der Waals surface area (Å²) in [6.45, 7) is 7.69. The smallest absolute Gasteiger partial charge is 0.254 e. The number of nitrogens with zero attached hydrogens (tertiary/aromatic N) is 3. The van der Waals surface area contributed by atoms with Crippen LogP contribution in [0, 0.1) is 0 Å². The zero-order chi connectivity index (χ0) is 21.2. The lowest BCUT2D eigenvalue weighted by atomic mass is 10.1. The molecule has 0 aliphatic carbocycles. The van der Waals surface area contributed by atoms with Crippen LogP contribution in [0.4, 0.5) is 5.69 Å². The monoisotopic (exact) mass is 477 g/mol. The summed E-state index contributed by atoms with van der Waals surface area (Å²) in [6, 6.07) is 11.8. The van der Waals surface area contributed by atoms with E-state index in [2.05, 4.69) is 15.9 Å². The topological polar surface area (TPSA) is 45.3 Å². The molecule has 0 atom stereocenters. The van der Waals surface area contributed by atoms with Gasteiger partial charge in [0.15, 0.2) is 11.5 Å². The zero-order valence-corrected chi connectivity index (χ0v) is 19.7. The van der Waals surface area contributed by atoms with E-state index in [1.165, 1.54) is 0 Å². The molecule has 1 saturated heterocycles. The molecule has 0 bridgehead atoms. The van der Waals surface area contributed by atoms with Crippen molar-refractivity contribution in [1.29, 1.82) is 0 Å². The Balaban J connectivity index is 0.00000245. The number of ether oxygens (including phenoxy) is 2. The third kappa shape index (κ3) is 4.77. The second-order valence-electron chi connectivity index (χ2n) is 8.37. The highest BCUT2D eigenvalue weighted by molar-refractivity contribution is 6.31. The van der Waals surface area contributed by atoms with Crippen molar-refractivity contribution in [1.82, 2.24) is 9.80 Å². The molecule has 0 radical (unpaired) electrons. The fourth-order valence-corrected chi connectivity index (χ4v) is 4.89. The average Bonchev–Trinajstić information content (AvgIpc) is 3.12. The molecule has 6 nitrogen and oxygen atoms in total. The molecule has 5 rings (SSSR count). The van der Waals surface area contributed by atoms with Crippen LogP contribution >= 0.6 is 24.0 Å². The maximum absolute atomic E-state index is 12.5. The maximum atomic E-state index is 12.5. The minimum atomic E-state index is 0. The van der Waals surface area contributed by atoms with Crippen molar-refractivity contribution in [2.45, 2.75) is 19.4 Å². The lowest BCUT2D eigenvalue weighted by molar-refractivity contribution is 0.0774. The molecular weight excluding hydrogens is 449 g/mol. The van der Waals surface area contributed by atoms with Gasteiger partial charge in [0.25, 0.3) is 5.91 Å². The second kappa shape index (κ2) is 10.2. The van der Waals surface area contributed by atoms with Crippen molar-refractivity contribution in [3.8, 4) is 11.5 Å². The predicted octanol–water partition coefficient (Wildman–Crippen LogP) is 4.09. The molecule has 8 heteroatoms. The molecule has 2 aromatic carbocycles. The van der Waals surface area contributed by atoms with Gasteiger partial charge in [0.2, 0.25) is 0 Å². The summed E-state index contributed by atoms with van der Waals surface area (Å²) >= 11 is 6.31. The van der Waals surface area contributed by atoms with Crippen LogP contribution in [-0.4, -0.2) is 68.2 Å². The third-order valence-corrected chi connectivity index (χ3v) is 6.57. The molecule has 0 saturated carbocycles. The quantitative estimate of drug-likeness (QED) is 0.586. The van der Waals surface area contributed by atoms with E-state index in [0.29, 0.717) is 18.2 Å². The first-order valence-corrected chi connectivity index (χ1v) is 11.5. The lowest BCUT2D eigenvalue weighted by Crippen LogP contribution is -2.47. The van der Waals surface area contributed by atoms with E-state index in [4.69, 9.17) is 21.1 Å². The van der Waals surface area contributed by atoms with Gasteiger partial charge in [-0.05, 0) is 37.1 Å². The Morgan fingerprint density at radius 3 is 2.50 bits per heavy atom. The first-order valence-electron chi connectivity index (χ1n) is 11.1. The van der Waals surface area contributed by atoms with Crippen LogP contribution in [0.5, 0.6) is 11.5 Å². The van der Waals surface area contributed by atoms with Crippen LogP contribution in [0.2, 0.25) is 5.02 Å². The van der Waals surface area contributed by atoms with Gasteiger partial charge in [-0.1, -0.05) is 29.8 Å². The van der Waals surface area contributed by atoms with E-state index >= 15 is 0 Å². The molecule has 3 aliphatic rings. The summed E-state index contributed by atoms with van der Waals surface area (Å²) in [5.41, 5.74) is 3.06. The van der Waals surface area contributed by atoms with Gasteiger partial charge in [0.05, 0.1) is 5.69 Å². The van der Waals surface area contributed by atoms with Crippen molar-refractivity contribution in [3.05, 3.63) is 52.5 Å². The van der Waals surface area contributed by atoms with Gasteiger partial charge in [-0.3, -0.25) is 9.69 Å². The Kier molecular flexibility index (Phi) is 7.33. The summed E-state index contributed by atoms with van der Waals surface area (Å²) < 4.78 is 11.6. The van der Waals surface area contributed by atoms with Crippen LogP contribution in [0.25, 0.3) is 0 Å². The standard InChI is InChI=1S/C24H28ClN3O3.ClH/c25-19-15-21(23-22(16-19)30-13-14-31-23)27-11-9-26(10-12-27)7-3-4-8-28-17-18-5-1-2-6-20(18)24(28)29;/h1-2,5-6,15-16H,3-4,7-14,17H2;1H. The summed E-state index contributed by atoms with van der Waals surface area (Å²) in [5, 5.41) is 0.681. The molecule has 3 aliphatic heterocycles. The number of halogens is 2. The zero-order valence-electron chi connectivity index (χ0n) is 18.1. The van der Waals surface area contributed by atoms with Gasteiger partial charge < -0.3 is 19.3 Å². The van der Waals surface area contributed by atoms with Crippen LogP contribution < -0.4 is 14.4 Å². The molecule has 0 N–H and O–H groups in total. The SMILES string of the molecule is Cl.O=C1c2ccccc2CN1CCCCN1CCN(c2cc(Cl)cc3c2OCCO3)CC1. The second-order valence-corrected chi connectivity index (χ2v) is 8.81. The van der Waals surface area contributed by atoms with Gasteiger partial charge in [0.1, 0.15) is 13.2 Å². The third-order valence-electron chi connectivity index (χ3n) is 6.35. The summed E-state index contributed by atoms with van der Waals surface area (Å²) in [6.07, 6.45) is 2.14. The minimum Gasteiger partial charge on any atom is -0.486 e. The molecule has 3 heterocycles. The number of anilines is 1. The first-order chi connectivity index (χ1) is 15.2. The van der Waals surface area contributed by atoms with Crippen molar-refractivity contribution in [2.24, 2.45) is 0 Å². The number of unbranched alkanes of at least 4 members (excludes halogenated alkanes) is 1. The van der Waals surface area contributed by atoms with E-state index in [0.717, 1.165) is 87.0 Å². The first kappa shape index (κ1) is 23.0. The molecule has 0 unspecified atom stereocenters. The van der Waals surface area contributed by atoms with Gasteiger partial charge >= 0.3 is 0 Å². The number of carbonyl (C=O) groups is 1. The number of carbonyl (C=O) groups excluding carboxylic acids is 1. The molecule has 32 heavy (non-hydrogen) atoms. The number of hydrogen-bond acceptors (Lipinski definition) is 5. The highest BCUT2D eigenvalue weighted by Gasteiger charge is 2.27. The molecule has 0 aromatic heterocycles. The minimum absolute atomic E-state index is 0. The largest absolute Gasteiger partial charge is 0.486 e. The van der Waals surface area contributed by atoms with E-state index in [1.54, 1.807) is 0 Å². The molecular formula is C24H29Cl2N3O3. The average molecular weight is 478 g/mol. The van der Waals surface area contributed by atoms with Crippen molar-refractivity contribution >= 4 is 35.6 Å². The van der Waals surface area contributed by atoms with Crippen molar-refractivity contribution in [3.63, 3.8) is 0 Å². The number of benzene rings is 2. The molecule has 2 aromatic rings. The Labute approximate surface area is 200 Å². The van der Waals surface area contributed by atoms with Gasteiger partial charge in [-0.25, -0.2) is 0 Å². The van der Waals surface area contributed by atoms with Gasteiger partial charge in [0, 0.05) is 55.9 Å². The molecule has 0 spiro atoms. The van der Waals surface area contributed by atoms with Crippen molar-refractivity contribution in [2.75, 3.05) is 57.4 Å². The summed E-state index contributed by atoms with van der Waals surface area (Å²) in [4.78, 5) is 19.3. The number of fused-ring (bicyclic) bond motifs is 2. The van der Waals surface area contributed by atoms with Crippen LogP contribution in [-0.2, 0) is 6.54 Å². The fourth-order valence-electron chi connectivity index (χ4n) is 4.68. The molecule has 1 fully saturated rings. The van der Waals surface area contributed by atoms with E-state index in [1.807, 2.05) is 35.2 Å². The predicted molar refractivity (Wildman–Crippen MR) is 129 cm³/mol. The van der Waals surface area contributed by atoms with Crippen LogP contribution in [0.15, 0.2) is 36.4 Å². The lowest BCUT2D eigenvalue weighted by Gasteiger charge is -2.37. The molecule has 1 amide bonds. The normalized spacial score (nSPS) is 17.8. The number of piperazine rings is 1. The summed E-state index contributed by atoms with van der Waals surface area (Å²) in [7, 11) is 0. The number of amides is 1. The van der Waals surface area contributed by atoms with E-state index in [-0.39, 0.29) is 18.3 Å². The van der Waals surface area contributed by atoms with Crippen LogP contribution in [0.1, 0.15) is 28.8 Å². The Hall–Kier alpha value is -2.15. The number of hydrogen-bond donors (Lipinski definition) is 0. The van der Waals surface area contributed by atoms with Crippen LogP contribution in [0.3, 0.4) is 0 Å². The Bertz CT molecular complexity index is 964. The van der Waals surface area contributed by atoms with Gasteiger partial charge in [-0.2, -0.15) is 0 Å². The van der Waals surface area contributed by atoms with Crippen molar-refractivity contribution < 1.29 is 14.3 Å². The molecule has 172 valence electrons. The highest BCUT2D eigenvalue weighted by Crippen LogP contribution is 2.42. The van der Waals surface area contributed by atoms with Gasteiger partial charge in [-0.15, -0.1) is 12.4 Å². The summed E-state index contributed by atoms with van der Waals surface area (Å²) in [5.74, 6) is 1.75. The Morgan fingerprint density at radius 1 is 0.938 bits per heavy atom. The maximum Gasteiger partial charge on any atom is 0.254 e. The number of rotatable bonds is 6. The fraction of sp³-hybridized carbons (Fsp3) is 0.458. The highest BCUT2D eigenvalue weighted by atomic mass is 35.5. The van der Waals surface area contributed by atoms with E-state index in [9.17, 15) is 4.79 Å². The Morgan fingerprint density at radius 2 is 1.69 bits per heavy atom. The van der Waals surface area contributed by atoms with E-state index < -0.39 is 0 Å².